The minimum Gasteiger partial charge on any atom is -0.468 e. The summed E-state index contributed by atoms with van der Waals surface area (Å²) in [5.41, 5.74) is 10.4. The van der Waals surface area contributed by atoms with E-state index < -0.39 is 12.0 Å². The Morgan fingerprint density at radius 3 is 2.62 bits per heavy atom. The van der Waals surface area contributed by atoms with Gasteiger partial charge in [0, 0.05) is 0 Å². The van der Waals surface area contributed by atoms with Crippen molar-refractivity contribution in [3.63, 3.8) is 0 Å². The average molecular weight is 206 g/mol. The zero-order valence-corrected chi connectivity index (χ0v) is 8.30. The summed E-state index contributed by atoms with van der Waals surface area (Å²) >= 11 is 1.36. The third-order valence-electron chi connectivity index (χ3n) is 1.32. The second-order valence-electron chi connectivity index (χ2n) is 2.44. The van der Waals surface area contributed by atoms with Crippen LogP contribution in [0.3, 0.4) is 0 Å². The van der Waals surface area contributed by atoms with Crippen molar-refractivity contribution in [2.45, 2.75) is 12.5 Å². The molecule has 0 saturated carbocycles. The van der Waals surface area contributed by atoms with Crippen LogP contribution in [0, 0.1) is 0 Å². The molecule has 1 amide bonds. The first kappa shape index (κ1) is 12.2. The minimum absolute atomic E-state index is 0.258. The Hall–Kier alpha value is -0.750. The molecule has 0 bridgehead atoms. The van der Waals surface area contributed by atoms with Gasteiger partial charge in [-0.05, 0) is 12.2 Å². The van der Waals surface area contributed by atoms with Crippen LogP contribution in [0.2, 0.25) is 0 Å². The van der Waals surface area contributed by atoms with E-state index in [4.69, 9.17) is 11.5 Å². The number of ether oxygens (including phenoxy) is 1. The SMILES string of the molecule is COC(=O)C(N)CCSCC(N)=O. The Labute approximate surface area is 81.2 Å². The van der Waals surface area contributed by atoms with E-state index in [1.807, 2.05) is 0 Å². The molecule has 13 heavy (non-hydrogen) atoms. The highest BCUT2D eigenvalue weighted by atomic mass is 32.2. The summed E-state index contributed by atoms with van der Waals surface area (Å²) in [6, 6.07) is -0.606. The molecular formula is C7H14N2O3S. The lowest BCUT2D eigenvalue weighted by atomic mass is 10.2. The zero-order valence-electron chi connectivity index (χ0n) is 7.49. The molecule has 0 rings (SSSR count). The van der Waals surface area contributed by atoms with Gasteiger partial charge >= 0.3 is 5.97 Å². The second-order valence-corrected chi connectivity index (χ2v) is 3.54. The number of nitrogens with two attached hydrogens (primary N) is 2. The monoisotopic (exact) mass is 206 g/mol. The minimum atomic E-state index is -0.606. The van der Waals surface area contributed by atoms with Gasteiger partial charge in [0.15, 0.2) is 0 Å². The summed E-state index contributed by atoms with van der Waals surface area (Å²) in [6.07, 6.45) is 0.491. The van der Waals surface area contributed by atoms with Crippen molar-refractivity contribution in [3.05, 3.63) is 0 Å². The molecule has 0 saturated heterocycles. The molecule has 1 atom stereocenters. The standard InChI is InChI=1S/C7H14N2O3S/c1-12-7(11)5(8)2-3-13-4-6(9)10/h5H,2-4,8H2,1H3,(H2,9,10). The summed E-state index contributed by atoms with van der Waals surface area (Å²) in [5, 5.41) is 0. The number of primary amides is 1. The molecule has 0 aliphatic heterocycles. The molecule has 0 aliphatic carbocycles. The number of thioether (sulfide) groups is 1. The van der Waals surface area contributed by atoms with Gasteiger partial charge in [0.2, 0.25) is 5.91 Å². The first-order valence-electron chi connectivity index (χ1n) is 3.77. The number of amides is 1. The lowest BCUT2D eigenvalue weighted by Gasteiger charge is -2.07. The quantitative estimate of drug-likeness (QED) is 0.433. The number of rotatable bonds is 6. The molecule has 1 unspecified atom stereocenters. The molecule has 5 nitrogen and oxygen atoms in total. The van der Waals surface area contributed by atoms with Crippen molar-refractivity contribution < 1.29 is 14.3 Å². The van der Waals surface area contributed by atoms with Crippen LogP contribution < -0.4 is 11.5 Å². The molecule has 6 heteroatoms. The van der Waals surface area contributed by atoms with E-state index in [2.05, 4.69) is 4.74 Å². The lowest BCUT2D eigenvalue weighted by Crippen LogP contribution is -2.32. The second kappa shape index (κ2) is 6.73. The van der Waals surface area contributed by atoms with E-state index >= 15 is 0 Å². The molecule has 0 aromatic heterocycles. The fourth-order valence-electron chi connectivity index (χ4n) is 0.652. The van der Waals surface area contributed by atoms with Crippen LogP contribution in [0.15, 0.2) is 0 Å². The van der Waals surface area contributed by atoms with E-state index in [-0.39, 0.29) is 11.7 Å². The van der Waals surface area contributed by atoms with Gasteiger partial charge in [-0.25, -0.2) is 0 Å². The van der Waals surface area contributed by atoms with Gasteiger partial charge in [-0.15, -0.1) is 0 Å². The van der Waals surface area contributed by atoms with Crippen molar-refractivity contribution in [2.24, 2.45) is 11.5 Å². The first-order chi connectivity index (χ1) is 6.07. The van der Waals surface area contributed by atoms with Gasteiger partial charge in [-0.1, -0.05) is 0 Å². The first-order valence-corrected chi connectivity index (χ1v) is 4.93. The van der Waals surface area contributed by atoms with Gasteiger partial charge in [0.25, 0.3) is 0 Å². The summed E-state index contributed by atoms with van der Waals surface area (Å²) in [7, 11) is 1.29. The number of carbonyl (C=O) groups is 2. The predicted molar refractivity (Wildman–Crippen MR) is 51.1 cm³/mol. The lowest BCUT2D eigenvalue weighted by molar-refractivity contribution is -0.142. The molecule has 0 aromatic rings. The zero-order chi connectivity index (χ0) is 10.3. The number of methoxy groups -OCH3 is 1. The van der Waals surface area contributed by atoms with Gasteiger partial charge < -0.3 is 16.2 Å². The molecule has 4 N–H and O–H groups in total. The topological polar surface area (TPSA) is 95.4 Å². The number of carbonyl (C=O) groups excluding carboxylic acids is 2. The molecule has 76 valence electrons. The molecule has 0 radical (unpaired) electrons. The Kier molecular flexibility index (Phi) is 6.34. The summed E-state index contributed by atoms with van der Waals surface area (Å²) in [4.78, 5) is 21.1. The van der Waals surface area contributed by atoms with Crippen molar-refractivity contribution in [1.29, 1.82) is 0 Å². The fourth-order valence-corrected chi connectivity index (χ4v) is 1.42. The van der Waals surface area contributed by atoms with Crippen molar-refractivity contribution in [1.82, 2.24) is 0 Å². The number of hydrogen-bond acceptors (Lipinski definition) is 5. The van der Waals surface area contributed by atoms with E-state index in [0.29, 0.717) is 12.2 Å². The van der Waals surface area contributed by atoms with Crippen LogP contribution in [0.5, 0.6) is 0 Å². The molecule has 0 spiro atoms. The van der Waals surface area contributed by atoms with Gasteiger partial charge in [-0.3, -0.25) is 9.59 Å². The van der Waals surface area contributed by atoms with Crippen molar-refractivity contribution in [2.75, 3.05) is 18.6 Å². The fraction of sp³-hybridized carbons (Fsp3) is 0.714. The Bertz CT molecular complexity index is 187. The molecular weight excluding hydrogens is 192 g/mol. The Morgan fingerprint density at radius 2 is 2.15 bits per heavy atom. The predicted octanol–water partition coefficient (Wildman–Crippen LogP) is -0.905. The summed E-state index contributed by atoms with van der Waals surface area (Å²) in [6.45, 7) is 0. The van der Waals surface area contributed by atoms with Crippen LogP contribution in [0.4, 0.5) is 0 Å². The highest BCUT2D eigenvalue weighted by Crippen LogP contribution is 2.03. The van der Waals surface area contributed by atoms with Crippen LogP contribution in [-0.4, -0.2) is 36.5 Å². The Morgan fingerprint density at radius 1 is 1.54 bits per heavy atom. The number of hydrogen-bond donors (Lipinski definition) is 2. The van der Waals surface area contributed by atoms with Gasteiger partial charge in [0.1, 0.15) is 6.04 Å². The Balaban J connectivity index is 3.42. The van der Waals surface area contributed by atoms with E-state index in [1.54, 1.807) is 0 Å². The van der Waals surface area contributed by atoms with Crippen LogP contribution in [0.1, 0.15) is 6.42 Å². The van der Waals surface area contributed by atoms with Crippen LogP contribution in [-0.2, 0) is 14.3 Å². The van der Waals surface area contributed by atoms with Crippen molar-refractivity contribution in [3.8, 4) is 0 Å². The maximum atomic E-state index is 10.8. The van der Waals surface area contributed by atoms with Gasteiger partial charge in [0.05, 0.1) is 12.9 Å². The largest absolute Gasteiger partial charge is 0.468 e. The third-order valence-corrected chi connectivity index (χ3v) is 2.33. The smallest absolute Gasteiger partial charge is 0.322 e. The van der Waals surface area contributed by atoms with Gasteiger partial charge in [-0.2, -0.15) is 11.8 Å². The maximum absolute atomic E-state index is 10.8. The highest BCUT2D eigenvalue weighted by Gasteiger charge is 2.12. The highest BCUT2D eigenvalue weighted by molar-refractivity contribution is 7.99. The molecule has 0 aromatic carbocycles. The van der Waals surface area contributed by atoms with E-state index in [0.717, 1.165) is 0 Å². The molecule has 0 aliphatic rings. The molecule has 0 fully saturated rings. The maximum Gasteiger partial charge on any atom is 0.322 e. The average Bonchev–Trinajstić information content (AvgIpc) is 2.10. The summed E-state index contributed by atoms with van der Waals surface area (Å²) in [5.74, 6) is 0.0870. The normalized spacial score (nSPS) is 12.2. The third kappa shape index (κ3) is 6.41. The van der Waals surface area contributed by atoms with Crippen molar-refractivity contribution >= 4 is 23.6 Å². The number of esters is 1. The van der Waals surface area contributed by atoms with E-state index in [9.17, 15) is 9.59 Å². The van der Waals surface area contributed by atoms with Crippen LogP contribution in [0.25, 0.3) is 0 Å². The molecule has 0 heterocycles. The van der Waals surface area contributed by atoms with Crippen LogP contribution >= 0.6 is 11.8 Å². The summed E-state index contributed by atoms with van der Waals surface area (Å²) < 4.78 is 4.43. The van der Waals surface area contributed by atoms with E-state index in [1.165, 1.54) is 18.9 Å².